The topological polar surface area (TPSA) is 26.0 Å². The summed E-state index contributed by atoms with van der Waals surface area (Å²) in [6.45, 7) is 1.64. The molecule has 1 aliphatic carbocycles. The smallest absolute Gasteiger partial charge is 0.328 e. The molecule has 0 heterocycles. The molecule has 1 nitrogen and oxygen atoms in total. The summed E-state index contributed by atoms with van der Waals surface area (Å²) in [5.74, 6) is 0. The molecule has 0 spiro atoms. The zero-order valence-corrected chi connectivity index (χ0v) is 6.41. The van der Waals surface area contributed by atoms with Gasteiger partial charge < -0.3 is 5.73 Å². The van der Waals surface area contributed by atoms with Gasteiger partial charge in [-0.1, -0.05) is 6.92 Å². The van der Waals surface area contributed by atoms with Crippen LogP contribution in [0, 0.1) is 5.41 Å². The third-order valence-corrected chi connectivity index (χ3v) is 2.14. The average Bonchev–Trinajstić information content (AvgIpc) is 1.53. The van der Waals surface area contributed by atoms with Crippen LogP contribution in [0.25, 0.3) is 0 Å². The molecule has 0 aromatic carbocycles. The summed E-state index contributed by atoms with van der Waals surface area (Å²) in [7, 11) is 0. The van der Waals surface area contributed by atoms with Gasteiger partial charge in [0.05, 0.1) is 0 Å². The maximum Gasteiger partial charge on any atom is 0.389 e. The van der Waals surface area contributed by atoms with Gasteiger partial charge in [-0.05, 0) is 18.3 Å². The summed E-state index contributed by atoms with van der Waals surface area (Å²) < 4.78 is 35.6. The Hall–Kier alpha value is -0.250. The van der Waals surface area contributed by atoms with E-state index in [1.165, 1.54) is 0 Å². The van der Waals surface area contributed by atoms with Gasteiger partial charge in [0.2, 0.25) is 0 Å². The molecule has 0 aromatic rings. The lowest BCUT2D eigenvalue weighted by molar-refractivity contribution is -0.168. The van der Waals surface area contributed by atoms with Crippen molar-refractivity contribution in [2.75, 3.05) is 0 Å². The largest absolute Gasteiger partial charge is 0.389 e. The fraction of sp³-hybridized carbons (Fsp3) is 1.00. The number of hydrogen-bond donors (Lipinski definition) is 1. The van der Waals surface area contributed by atoms with E-state index in [1.54, 1.807) is 6.92 Å². The monoisotopic (exact) mass is 167 g/mol. The van der Waals surface area contributed by atoms with E-state index in [9.17, 15) is 13.2 Å². The van der Waals surface area contributed by atoms with Crippen LogP contribution in [-0.4, -0.2) is 12.2 Å². The van der Waals surface area contributed by atoms with Crippen molar-refractivity contribution in [2.45, 2.75) is 38.4 Å². The highest BCUT2D eigenvalue weighted by Gasteiger charge is 2.46. The van der Waals surface area contributed by atoms with Crippen molar-refractivity contribution < 1.29 is 13.2 Å². The lowest BCUT2D eigenvalue weighted by Gasteiger charge is -2.43. The lowest BCUT2D eigenvalue weighted by atomic mass is 9.65. The van der Waals surface area contributed by atoms with Gasteiger partial charge >= 0.3 is 6.18 Å². The van der Waals surface area contributed by atoms with E-state index in [0.29, 0.717) is 12.8 Å². The first-order valence-electron chi connectivity index (χ1n) is 3.63. The highest BCUT2D eigenvalue weighted by molar-refractivity contribution is 4.93. The molecule has 0 amide bonds. The quantitative estimate of drug-likeness (QED) is 0.635. The summed E-state index contributed by atoms with van der Waals surface area (Å²) in [6, 6.07) is -0.0117. The highest BCUT2D eigenvalue weighted by Crippen LogP contribution is 2.47. The minimum atomic E-state index is -4.03. The number of hydrogen-bond acceptors (Lipinski definition) is 1. The fourth-order valence-electron chi connectivity index (χ4n) is 1.83. The molecule has 0 atom stereocenters. The molecular formula is C7H12F3N. The van der Waals surface area contributed by atoms with E-state index in [4.69, 9.17) is 5.73 Å². The summed E-state index contributed by atoms with van der Waals surface area (Å²) in [5, 5.41) is 0. The fourth-order valence-corrected chi connectivity index (χ4v) is 1.83. The van der Waals surface area contributed by atoms with E-state index in [-0.39, 0.29) is 6.04 Å². The second-order valence-electron chi connectivity index (χ2n) is 3.77. The zero-order chi connectivity index (χ0) is 8.70. The van der Waals surface area contributed by atoms with E-state index >= 15 is 0 Å². The molecule has 0 aromatic heterocycles. The van der Waals surface area contributed by atoms with Crippen LogP contribution in [0.2, 0.25) is 0 Å². The van der Waals surface area contributed by atoms with Gasteiger partial charge in [-0.15, -0.1) is 0 Å². The maximum absolute atomic E-state index is 11.9. The van der Waals surface area contributed by atoms with Gasteiger partial charge in [-0.2, -0.15) is 13.2 Å². The number of rotatable bonds is 1. The Morgan fingerprint density at radius 3 is 2.18 bits per heavy atom. The third-order valence-electron chi connectivity index (χ3n) is 2.14. The molecule has 0 bridgehead atoms. The Bertz CT molecular complexity index is 146. The Morgan fingerprint density at radius 2 is 1.91 bits per heavy atom. The minimum Gasteiger partial charge on any atom is -0.328 e. The van der Waals surface area contributed by atoms with Crippen LogP contribution in [0.15, 0.2) is 0 Å². The van der Waals surface area contributed by atoms with Crippen molar-refractivity contribution in [1.29, 1.82) is 0 Å². The van der Waals surface area contributed by atoms with Gasteiger partial charge in [0, 0.05) is 12.5 Å². The van der Waals surface area contributed by atoms with E-state index in [2.05, 4.69) is 0 Å². The van der Waals surface area contributed by atoms with Crippen LogP contribution in [0.5, 0.6) is 0 Å². The van der Waals surface area contributed by atoms with Gasteiger partial charge in [-0.3, -0.25) is 0 Å². The molecule has 1 rings (SSSR count). The second kappa shape index (κ2) is 2.37. The predicted molar refractivity (Wildman–Crippen MR) is 36.0 cm³/mol. The normalized spacial score (nSPS) is 38.5. The summed E-state index contributed by atoms with van der Waals surface area (Å²) in [5.41, 5.74) is 4.83. The summed E-state index contributed by atoms with van der Waals surface area (Å²) in [6.07, 6.45) is -3.71. The molecule has 1 saturated carbocycles. The second-order valence-corrected chi connectivity index (χ2v) is 3.77. The highest BCUT2D eigenvalue weighted by atomic mass is 19.4. The molecule has 11 heavy (non-hydrogen) atoms. The van der Waals surface area contributed by atoms with Crippen LogP contribution in [-0.2, 0) is 0 Å². The first kappa shape index (κ1) is 8.84. The minimum absolute atomic E-state index is 0.0117. The molecule has 0 saturated heterocycles. The first-order chi connectivity index (χ1) is 4.81. The van der Waals surface area contributed by atoms with Gasteiger partial charge in [0.15, 0.2) is 0 Å². The SMILES string of the molecule is CC1(CC(F)(F)F)CC(N)C1. The Balaban J connectivity index is 2.38. The van der Waals surface area contributed by atoms with Crippen molar-refractivity contribution >= 4 is 0 Å². The molecule has 0 unspecified atom stereocenters. The third kappa shape index (κ3) is 2.36. The van der Waals surface area contributed by atoms with Crippen LogP contribution in [0.1, 0.15) is 26.2 Å². The summed E-state index contributed by atoms with van der Waals surface area (Å²) in [4.78, 5) is 0. The van der Waals surface area contributed by atoms with Gasteiger partial charge in [0.25, 0.3) is 0 Å². The number of alkyl halides is 3. The predicted octanol–water partition coefficient (Wildman–Crippen LogP) is 2.07. The summed E-state index contributed by atoms with van der Waals surface area (Å²) >= 11 is 0. The van der Waals surface area contributed by atoms with Crippen LogP contribution >= 0.6 is 0 Å². The molecule has 66 valence electrons. The van der Waals surface area contributed by atoms with Crippen molar-refractivity contribution in [3.63, 3.8) is 0 Å². The molecule has 2 N–H and O–H groups in total. The van der Waals surface area contributed by atoms with Gasteiger partial charge in [0.1, 0.15) is 0 Å². The lowest BCUT2D eigenvalue weighted by Crippen LogP contribution is -2.46. The zero-order valence-electron chi connectivity index (χ0n) is 6.41. The number of halogens is 3. The Morgan fingerprint density at radius 1 is 1.45 bits per heavy atom. The number of nitrogens with two attached hydrogens (primary N) is 1. The maximum atomic E-state index is 11.9. The van der Waals surface area contributed by atoms with Crippen LogP contribution in [0.3, 0.4) is 0 Å². The molecular weight excluding hydrogens is 155 g/mol. The molecule has 4 heteroatoms. The molecule has 0 aliphatic heterocycles. The first-order valence-corrected chi connectivity index (χ1v) is 3.63. The van der Waals surface area contributed by atoms with Crippen molar-refractivity contribution in [3.05, 3.63) is 0 Å². The average molecular weight is 167 g/mol. The molecule has 1 fully saturated rings. The Labute approximate surface area is 63.8 Å². The van der Waals surface area contributed by atoms with E-state index in [1.807, 2.05) is 0 Å². The molecule has 0 radical (unpaired) electrons. The Kier molecular flexibility index (Phi) is 1.90. The van der Waals surface area contributed by atoms with Crippen molar-refractivity contribution in [3.8, 4) is 0 Å². The van der Waals surface area contributed by atoms with E-state index in [0.717, 1.165) is 0 Å². The van der Waals surface area contributed by atoms with Crippen molar-refractivity contribution in [1.82, 2.24) is 0 Å². The van der Waals surface area contributed by atoms with Gasteiger partial charge in [-0.25, -0.2) is 0 Å². The van der Waals surface area contributed by atoms with E-state index < -0.39 is 18.0 Å². The van der Waals surface area contributed by atoms with Crippen LogP contribution < -0.4 is 5.73 Å². The van der Waals surface area contributed by atoms with Crippen LogP contribution in [0.4, 0.5) is 13.2 Å². The standard InChI is InChI=1S/C7H12F3N/c1-6(2-5(11)3-6)4-7(8,9)10/h5H,2-4,11H2,1H3. The molecule has 1 aliphatic rings. The van der Waals surface area contributed by atoms with Crippen molar-refractivity contribution in [2.24, 2.45) is 11.1 Å².